The minimum absolute atomic E-state index is 0.248. The molecule has 1 aromatic carbocycles. The molecule has 0 radical (unpaired) electrons. The van der Waals surface area contributed by atoms with E-state index in [0.29, 0.717) is 16.9 Å². The maximum atomic E-state index is 12.1. The number of halogens is 2. The Morgan fingerprint density at radius 1 is 1.32 bits per heavy atom. The van der Waals surface area contributed by atoms with Crippen LogP contribution in [0.25, 0.3) is 0 Å². The number of hydrogen-bond acceptors (Lipinski definition) is 3. The molecule has 0 aliphatic carbocycles. The van der Waals surface area contributed by atoms with Gasteiger partial charge >= 0.3 is 0 Å². The molecule has 7 heteroatoms. The number of carbonyl (C=O) groups excluding carboxylic acids is 1. The summed E-state index contributed by atoms with van der Waals surface area (Å²) in [6.45, 7) is 3.61. The molecule has 0 spiro atoms. The van der Waals surface area contributed by atoms with Crippen LogP contribution in [0.3, 0.4) is 0 Å². The topological polar surface area (TPSA) is 83.8 Å². The summed E-state index contributed by atoms with van der Waals surface area (Å²) in [5.74, 6) is -0.323. The van der Waals surface area contributed by atoms with Gasteiger partial charge in [-0.1, -0.05) is 23.2 Å². The van der Waals surface area contributed by atoms with Gasteiger partial charge in [-0.3, -0.25) is 9.89 Å². The van der Waals surface area contributed by atoms with Crippen LogP contribution in [0.15, 0.2) is 12.1 Å². The van der Waals surface area contributed by atoms with Crippen LogP contribution >= 0.6 is 23.2 Å². The Bertz CT molecular complexity index is 609. The average Bonchev–Trinajstić information content (AvgIpc) is 2.67. The largest absolute Gasteiger partial charge is 0.396 e. The molecule has 5 nitrogen and oxygen atoms in total. The lowest BCUT2D eigenvalue weighted by Crippen LogP contribution is -2.13. The average molecular weight is 299 g/mol. The van der Waals surface area contributed by atoms with Crippen molar-refractivity contribution in [3.8, 4) is 0 Å². The monoisotopic (exact) mass is 298 g/mol. The molecule has 0 unspecified atom stereocenters. The second-order valence-electron chi connectivity index (χ2n) is 4.12. The molecule has 1 aromatic heterocycles. The zero-order valence-corrected chi connectivity index (χ0v) is 11.9. The third kappa shape index (κ3) is 2.67. The number of nitrogen functional groups attached to an aromatic ring is 1. The SMILES string of the molecule is Cc1n[nH]c(C)c1NC(=O)c1cc(Cl)c(N)c(Cl)c1. The normalized spacial score (nSPS) is 10.5. The van der Waals surface area contributed by atoms with Gasteiger partial charge in [-0.15, -0.1) is 0 Å². The van der Waals surface area contributed by atoms with Crippen molar-refractivity contribution in [2.24, 2.45) is 0 Å². The number of hydrogen-bond donors (Lipinski definition) is 3. The Kier molecular flexibility index (Phi) is 3.68. The van der Waals surface area contributed by atoms with Crippen molar-refractivity contribution in [1.82, 2.24) is 10.2 Å². The highest BCUT2D eigenvalue weighted by Gasteiger charge is 2.14. The first-order valence-corrected chi connectivity index (χ1v) is 6.23. The molecule has 2 rings (SSSR count). The molecule has 0 atom stereocenters. The highest BCUT2D eigenvalue weighted by Crippen LogP contribution is 2.29. The molecular formula is C12H12Cl2N4O. The molecule has 1 amide bonds. The van der Waals surface area contributed by atoms with Gasteiger partial charge in [0, 0.05) is 5.56 Å². The molecule has 2 aromatic rings. The van der Waals surface area contributed by atoms with Gasteiger partial charge < -0.3 is 11.1 Å². The second kappa shape index (κ2) is 5.11. The molecule has 0 aliphatic rings. The lowest BCUT2D eigenvalue weighted by Gasteiger charge is -2.08. The van der Waals surface area contributed by atoms with E-state index in [1.807, 2.05) is 6.92 Å². The zero-order chi connectivity index (χ0) is 14.2. The number of amides is 1. The first-order chi connectivity index (χ1) is 8.90. The number of aromatic amines is 1. The summed E-state index contributed by atoms with van der Waals surface area (Å²) in [5, 5.41) is 10.0. The first-order valence-electron chi connectivity index (χ1n) is 5.47. The lowest BCUT2D eigenvalue weighted by molar-refractivity contribution is 0.102. The third-order valence-corrected chi connectivity index (χ3v) is 3.33. The summed E-state index contributed by atoms with van der Waals surface area (Å²) in [5.41, 5.74) is 8.35. The van der Waals surface area contributed by atoms with Crippen molar-refractivity contribution in [2.45, 2.75) is 13.8 Å². The van der Waals surface area contributed by atoms with Gasteiger partial charge in [0.1, 0.15) is 0 Å². The van der Waals surface area contributed by atoms with Gasteiger partial charge in [0.2, 0.25) is 0 Å². The van der Waals surface area contributed by atoms with Crippen LogP contribution in [0.5, 0.6) is 0 Å². The summed E-state index contributed by atoms with van der Waals surface area (Å²) < 4.78 is 0. The highest BCUT2D eigenvalue weighted by molar-refractivity contribution is 6.39. The van der Waals surface area contributed by atoms with Crippen molar-refractivity contribution in [3.63, 3.8) is 0 Å². The van der Waals surface area contributed by atoms with Crippen molar-refractivity contribution in [3.05, 3.63) is 39.1 Å². The Morgan fingerprint density at radius 2 is 1.89 bits per heavy atom. The number of rotatable bonds is 2. The van der Waals surface area contributed by atoms with Gasteiger partial charge in [0.05, 0.1) is 32.8 Å². The van der Waals surface area contributed by atoms with E-state index in [4.69, 9.17) is 28.9 Å². The van der Waals surface area contributed by atoms with Crippen LogP contribution in [0, 0.1) is 13.8 Å². The van der Waals surface area contributed by atoms with Crippen molar-refractivity contribution in [2.75, 3.05) is 11.1 Å². The van der Waals surface area contributed by atoms with E-state index in [1.54, 1.807) is 6.92 Å². The van der Waals surface area contributed by atoms with E-state index < -0.39 is 0 Å². The molecule has 100 valence electrons. The number of aromatic nitrogens is 2. The molecule has 0 fully saturated rings. The molecular weight excluding hydrogens is 287 g/mol. The number of nitrogens with zero attached hydrogens (tertiary/aromatic N) is 1. The number of carbonyl (C=O) groups is 1. The van der Waals surface area contributed by atoms with Crippen LogP contribution < -0.4 is 11.1 Å². The smallest absolute Gasteiger partial charge is 0.255 e. The van der Waals surface area contributed by atoms with Crippen LogP contribution in [-0.4, -0.2) is 16.1 Å². The van der Waals surface area contributed by atoms with Crippen LogP contribution in [-0.2, 0) is 0 Å². The van der Waals surface area contributed by atoms with E-state index in [1.165, 1.54) is 12.1 Å². The molecule has 1 heterocycles. The minimum atomic E-state index is -0.323. The molecule has 0 aliphatic heterocycles. The summed E-state index contributed by atoms with van der Waals surface area (Å²) in [6.07, 6.45) is 0. The van der Waals surface area contributed by atoms with Crippen molar-refractivity contribution >= 4 is 40.5 Å². The molecule has 4 N–H and O–H groups in total. The summed E-state index contributed by atoms with van der Waals surface area (Å²) in [7, 11) is 0. The molecule has 19 heavy (non-hydrogen) atoms. The van der Waals surface area contributed by atoms with Crippen molar-refractivity contribution < 1.29 is 4.79 Å². The van der Waals surface area contributed by atoms with Crippen molar-refractivity contribution in [1.29, 1.82) is 0 Å². The van der Waals surface area contributed by atoms with Gasteiger partial charge in [-0.2, -0.15) is 5.10 Å². The zero-order valence-electron chi connectivity index (χ0n) is 10.3. The van der Waals surface area contributed by atoms with Gasteiger partial charge in [0.15, 0.2) is 0 Å². The Morgan fingerprint density at radius 3 is 2.37 bits per heavy atom. The first kappa shape index (κ1) is 13.7. The van der Waals surface area contributed by atoms with Gasteiger partial charge in [-0.05, 0) is 26.0 Å². The maximum Gasteiger partial charge on any atom is 0.255 e. The Hall–Kier alpha value is -1.72. The fourth-order valence-electron chi connectivity index (χ4n) is 1.64. The lowest BCUT2D eigenvalue weighted by atomic mass is 10.2. The molecule has 0 saturated carbocycles. The fraction of sp³-hybridized carbons (Fsp3) is 0.167. The van der Waals surface area contributed by atoms with Crippen LogP contribution in [0.1, 0.15) is 21.7 Å². The number of anilines is 2. The number of benzene rings is 1. The van der Waals surface area contributed by atoms with E-state index in [-0.39, 0.29) is 21.6 Å². The fourth-order valence-corrected chi connectivity index (χ4v) is 2.12. The maximum absolute atomic E-state index is 12.1. The van der Waals surface area contributed by atoms with Gasteiger partial charge in [0.25, 0.3) is 5.91 Å². The molecule has 0 saturated heterocycles. The Labute approximate surface area is 120 Å². The number of H-pyrrole nitrogens is 1. The summed E-state index contributed by atoms with van der Waals surface area (Å²) in [6, 6.07) is 2.95. The third-order valence-electron chi connectivity index (χ3n) is 2.71. The predicted octanol–water partition coefficient (Wildman–Crippen LogP) is 3.17. The van der Waals surface area contributed by atoms with E-state index in [9.17, 15) is 4.79 Å². The Balaban J connectivity index is 2.31. The van der Waals surface area contributed by atoms with E-state index in [0.717, 1.165) is 5.69 Å². The van der Waals surface area contributed by atoms with Crippen LogP contribution in [0.2, 0.25) is 10.0 Å². The predicted molar refractivity (Wildman–Crippen MR) is 76.9 cm³/mol. The quantitative estimate of drug-likeness (QED) is 0.745. The minimum Gasteiger partial charge on any atom is -0.396 e. The second-order valence-corrected chi connectivity index (χ2v) is 4.93. The highest BCUT2D eigenvalue weighted by atomic mass is 35.5. The number of nitrogens with one attached hydrogen (secondary N) is 2. The number of nitrogens with two attached hydrogens (primary N) is 1. The summed E-state index contributed by atoms with van der Waals surface area (Å²) >= 11 is 11.8. The van der Waals surface area contributed by atoms with E-state index in [2.05, 4.69) is 15.5 Å². The van der Waals surface area contributed by atoms with Gasteiger partial charge in [-0.25, -0.2) is 0 Å². The molecule has 0 bridgehead atoms. The number of aryl methyl sites for hydroxylation is 2. The standard InChI is InChI=1S/C12H12Cl2N4O/c1-5-11(6(2)18-17-5)16-12(19)7-3-8(13)10(15)9(14)4-7/h3-4H,15H2,1-2H3,(H,16,19)(H,17,18). The summed E-state index contributed by atoms with van der Waals surface area (Å²) in [4.78, 5) is 12.1. The van der Waals surface area contributed by atoms with E-state index >= 15 is 0 Å². The van der Waals surface area contributed by atoms with Crippen LogP contribution in [0.4, 0.5) is 11.4 Å².